The molecule has 0 saturated heterocycles. The molecule has 2 N–H and O–H groups in total. The second kappa shape index (κ2) is 11.1. The molecule has 0 aliphatic rings. The van der Waals surface area contributed by atoms with Crippen molar-refractivity contribution in [1.29, 1.82) is 0 Å². The van der Waals surface area contributed by atoms with Crippen LogP contribution in [-0.4, -0.2) is 37.7 Å². The van der Waals surface area contributed by atoms with Crippen molar-refractivity contribution in [2.75, 3.05) is 20.7 Å². The normalized spacial score (nSPS) is 12.7. The molecule has 0 amide bonds. The van der Waals surface area contributed by atoms with Gasteiger partial charge in [0.25, 0.3) is 0 Å². The summed E-state index contributed by atoms with van der Waals surface area (Å²) in [6, 6.07) is 7.55. The Hall–Kier alpha value is -1.97. The van der Waals surface area contributed by atoms with E-state index in [2.05, 4.69) is 41.4 Å². The number of guanidine groups is 1. The van der Waals surface area contributed by atoms with Gasteiger partial charge in [-0.15, -0.1) is 24.0 Å². The van der Waals surface area contributed by atoms with Crippen molar-refractivity contribution in [2.24, 2.45) is 4.99 Å². The molecule has 1 heterocycles. The summed E-state index contributed by atoms with van der Waals surface area (Å²) < 4.78 is 16.9. The lowest BCUT2D eigenvalue weighted by molar-refractivity contribution is 0.223. The highest BCUT2D eigenvalue weighted by molar-refractivity contribution is 14.0. The van der Waals surface area contributed by atoms with Gasteiger partial charge in [0.15, 0.2) is 5.96 Å². The van der Waals surface area contributed by atoms with Crippen LogP contribution in [0.2, 0.25) is 0 Å². The van der Waals surface area contributed by atoms with E-state index in [9.17, 15) is 0 Å². The van der Waals surface area contributed by atoms with E-state index in [0.29, 0.717) is 24.9 Å². The fourth-order valence-electron chi connectivity index (χ4n) is 2.31. The average molecular weight is 502 g/mol. The Morgan fingerprint density at radius 3 is 2.57 bits per heavy atom. The fourth-order valence-corrected chi connectivity index (χ4v) is 2.31. The van der Waals surface area contributed by atoms with Crippen LogP contribution in [0.3, 0.4) is 0 Å². The highest BCUT2D eigenvalue weighted by Gasteiger charge is 2.19. The molecule has 1 aromatic carbocycles. The van der Waals surface area contributed by atoms with E-state index < -0.39 is 0 Å². The van der Waals surface area contributed by atoms with Gasteiger partial charge in [-0.3, -0.25) is 4.99 Å². The Bertz CT molecular complexity index is 756. The SMILES string of the molecule is CN=C(NCc1ncc(C(C)(C)C)o1)NCC(C)Oc1cccc(OC)c1.I. The van der Waals surface area contributed by atoms with Crippen molar-refractivity contribution < 1.29 is 13.9 Å². The smallest absolute Gasteiger partial charge is 0.213 e. The van der Waals surface area contributed by atoms with Crippen molar-refractivity contribution in [3.8, 4) is 11.5 Å². The van der Waals surface area contributed by atoms with Crippen LogP contribution in [0, 0.1) is 0 Å². The van der Waals surface area contributed by atoms with Gasteiger partial charge in [-0.1, -0.05) is 26.8 Å². The third-order valence-electron chi connectivity index (χ3n) is 3.86. The van der Waals surface area contributed by atoms with Crippen molar-refractivity contribution in [2.45, 2.75) is 45.8 Å². The van der Waals surface area contributed by atoms with Crippen LogP contribution in [-0.2, 0) is 12.0 Å². The molecule has 2 rings (SSSR count). The van der Waals surface area contributed by atoms with Gasteiger partial charge in [0.2, 0.25) is 5.89 Å². The molecule has 1 aromatic heterocycles. The topological polar surface area (TPSA) is 80.9 Å². The van der Waals surface area contributed by atoms with Crippen LogP contribution < -0.4 is 20.1 Å². The third-order valence-corrected chi connectivity index (χ3v) is 3.86. The molecule has 1 unspecified atom stereocenters. The molecule has 8 heteroatoms. The van der Waals surface area contributed by atoms with Gasteiger partial charge < -0.3 is 24.5 Å². The molecule has 1 atom stereocenters. The van der Waals surface area contributed by atoms with Gasteiger partial charge in [-0.25, -0.2) is 4.98 Å². The summed E-state index contributed by atoms with van der Waals surface area (Å²) in [6.45, 7) is 9.32. The molecule has 0 spiro atoms. The standard InChI is InChI=1S/C20H30N4O3.HI/c1-14(26-16-9-7-8-15(10-16)25-6)11-23-19(21-5)24-13-18-22-12-17(27-18)20(2,3)4;/h7-10,12,14H,11,13H2,1-6H3,(H2,21,23,24);1H. The quantitative estimate of drug-likeness (QED) is 0.341. The molecular weight excluding hydrogens is 471 g/mol. The molecule has 0 aliphatic carbocycles. The van der Waals surface area contributed by atoms with Crippen molar-refractivity contribution in [3.63, 3.8) is 0 Å². The van der Waals surface area contributed by atoms with Crippen LogP contribution in [0.5, 0.6) is 11.5 Å². The maximum atomic E-state index is 5.90. The van der Waals surface area contributed by atoms with Crippen molar-refractivity contribution >= 4 is 29.9 Å². The molecule has 156 valence electrons. The first-order chi connectivity index (χ1) is 12.8. The second-order valence-corrected chi connectivity index (χ2v) is 7.28. The monoisotopic (exact) mass is 502 g/mol. The van der Waals surface area contributed by atoms with Gasteiger partial charge >= 0.3 is 0 Å². The molecule has 7 nitrogen and oxygen atoms in total. The van der Waals surface area contributed by atoms with Gasteiger partial charge in [0.05, 0.1) is 26.4 Å². The number of aromatic nitrogens is 1. The molecule has 28 heavy (non-hydrogen) atoms. The number of ether oxygens (including phenoxy) is 2. The largest absolute Gasteiger partial charge is 0.497 e. The Labute approximate surface area is 184 Å². The second-order valence-electron chi connectivity index (χ2n) is 7.28. The number of hydrogen-bond acceptors (Lipinski definition) is 5. The van der Waals surface area contributed by atoms with Crippen LogP contribution in [0.15, 0.2) is 39.9 Å². The summed E-state index contributed by atoms with van der Waals surface area (Å²) in [5, 5.41) is 6.43. The predicted molar refractivity (Wildman–Crippen MR) is 122 cm³/mol. The van der Waals surface area contributed by atoms with Gasteiger partial charge in [0.1, 0.15) is 23.4 Å². The molecule has 0 bridgehead atoms. The summed E-state index contributed by atoms with van der Waals surface area (Å²) in [5.41, 5.74) is -0.0575. The molecular formula is C20H31IN4O3. The lowest BCUT2D eigenvalue weighted by Crippen LogP contribution is -2.41. The van der Waals surface area contributed by atoms with E-state index in [-0.39, 0.29) is 35.5 Å². The molecule has 2 aromatic rings. The number of rotatable bonds is 7. The highest BCUT2D eigenvalue weighted by atomic mass is 127. The first kappa shape index (κ1) is 24.1. The van der Waals surface area contributed by atoms with Gasteiger partial charge in [-0.2, -0.15) is 0 Å². The number of benzene rings is 1. The van der Waals surface area contributed by atoms with E-state index in [0.717, 1.165) is 17.3 Å². The van der Waals surface area contributed by atoms with E-state index in [1.54, 1.807) is 20.4 Å². The van der Waals surface area contributed by atoms with Gasteiger partial charge in [-0.05, 0) is 19.1 Å². The van der Waals surface area contributed by atoms with Crippen molar-refractivity contribution in [3.05, 3.63) is 42.1 Å². The van der Waals surface area contributed by atoms with Gasteiger partial charge in [0, 0.05) is 18.5 Å². The fraction of sp³-hybridized carbons (Fsp3) is 0.500. The Morgan fingerprint density at radius 1 is 1.25 bits per heavy atom. The average Bonchev–Trinajstić information content (AvgIpc) is 3.11. The highest BCUT2D eigenvalue weighted by Crippen LogP contribution is 2.22. The van der Waals surface area contributed by atoms with Crippen molar-refractivity contribution in [1.82, 2.24) is 15.6 Å². The lowest BCUT2D eigenvalue weighted by Gasteiger charge is -2.18. The minimum Gasteiger partial charge on any atom is -0.497 e. The zero-order valence-electron chi connectivity index (χ0n) is 17.4. The lowest BCUT2D eigenvalue weighted by atomic mass is 9.94. The zero-order chi connectivity index (χ0) is 19.9. The molecule has 0 saturated carbocycles. The predicted octanol–water partition coefficient (Wildman–Crippen LogP) is 3.73. The minimum absolute atomic E-state index is 0. The number of aliphatic imine (C=N–C) groups is 1. The van der Waals surface area contributed by atoms with Crippen LogP contribution in [0.4, 0.5) is 0 Å². The number of hydrogen-bond donors (Lipinski definition) is 2. The van der Waals surface area contributed by atoms with Crippen LogP contribution in [0.1, 0.15) is 39.3 Å². The minimum atomic E-state index is -0.0575. The summed E-state index contributed by atoms with van der Waals surface area (Å²) in [5.74, 6) is 3.68. The number of nitrogens with zero attached hydrogens (tertiary/aromatic N) is 2. The Balaban J connectivity index is 0.00000392. The Kier molecular flexibility index (Phi) is 9.57. The third kappa shape index (κ3) is 7.57. The number of oxazole rings is 1. The maximum Gasteiger partial charge on any atom is 0.213 e. The first-order valence-corrected chi connectivity index (χ1v) is 9.02. The Morgan fingerprint density at radius 2 is 1.96 bits per heavy atom. The summed E-state index contributed by atoms with van der Waals surface area (Å²) in [6.07, 6.45) is 1.72. The number of methoxy groups -OCH3 is 1. The number of halogens is 1. The van der Waals surface area contributed by atoms with Crippen LogP contribution in [0.25, 0.3) is 0 Å². The van der Waals surface area contributed by atoms with Crippen LogP contribution >= 0.6 is 24.0 Å². The molecule has 0 fully saturated rings. The molecule has 0 radical (unpaired) electrons. The first-order valence-electron chi connectivity index (χ1n) is 9.02. The van der Waals surface area contributed by atoms with E-state index >= 15 is 0 Å². The summed E-state index contributed by atoms with van der Waals surface area (Å²) in [4.78, 5) is 8.52. The summed E-state index contributed by atoms with van der Waals surface area (Å²) >= 11 is 0. The molecule has 0 aliphatic heterocycles. The van der Waals surface area contributed by atoms with E-state index in [1.165, 1.54) is 0 Å². The zero-order valence-corrected chi connectivity index (χ0v) is 19.7. The van der Waals surface area contributed by atoms with E-state index in [4.69, 9.17) is 13.9 Å². The summed E-state index contributed by atoms with van der Waals surface area (Å²) in [7, 11) is 3.36. The maximum absolute atomic E-state index is 5.90. The van der Waals surface area contributed by atoms with E-state index in [1.807, 2.05) is 31.2 Å². The number of nitrogens with one attached hydrogen (secondary N) is 2.